The molecular weight excluding hydrogens is 280 g/mol. The van der Waals surface area contributed by atoms with Crippen molar-refractivity contribution < 1.29 is 0 Å². The van der Waals surface area contributed by atoms with E-state index >= 15 is 0 Å². The zero-order valence-electron chi connectivity index (χ0n) is 9.48. The molecule has 0 fully saturated rings. The van der Waals surface area contributed by atoms with Crippen molar-refractivity contribution in [3.63, 3.8) is 0 Å². The summed E-state index contributed by atoms with van der Waals surface area (Å²) in [6.07, 6.45) is 0. The van der Waals surface area contributed by atoms with E-state index in [-0.39, 0.29) is 5.41 Å². The van der Waals surface area contributed by atoms with Gasteiger partial charge in [-0.05, 0) is 17.0 Å². The van der Waals surface area contributed by atoms with Gasteiger partial charge in [-0.3, -0.25) is 0 Å². The summed E-state index contributed by atoms with van der Waals surface area (Å²) in [5, 5.41) is 2.13. The molecule has 1 atom stereocenters. The Morgan fingerprint density at radius 3 is 2.31 bits per heavy atom. The van der Waals surface area contributed by atoms with E-state index in [9.17, 15) is 0 Å². The highest BCUT2D eigenvalue weighted by molar-refractivity contribution is 9.09. The van der Waals surface area contributed by atoms with Gasteiger partial charge >= 0.3 is 0 Å². The van der Waals surface area contributed by atoms with E-state index in [1.54, 1.807) is 11.3 Å². The molecule has 0 saturated heterocycles. The number of benzene rings is 1. The summed E-state index contributed by atoms with van der Waals surface area (Å²) < 4.78 is 0. The van der Waals surface area contributed by atoms with Crippen LogP contribution in [0.3, 0.4) is 0 Å². The van der Waals surface area contributed by atoms with Gasteiger partial charge in [0.1, 0.15) is 0 Å². The van der Waals surface area contributed by atoms with E-state index in [2.05, 4.69) is 77.6 Å². The lowest BCUT2D eigenvalue weighted by Gasteiger charge is -2.30. The number of halogens is 1. The van der Waals surface area contributed by atoms with Crippen molar-refractivity contribution in [2.75, 3.05) is 0 Å². The van der Waals surface area contributed by atoms with Gasteiger partial charge in [-0.2, -0.15) is 0 Å². The van der Waals surface area contributed by atoms with Crippen LogP contribution in [0.2, 0.25) is 0 Å². The molecule has 0 spiro atoms. The molecule has 1 unspecified atom stereocenters. The Hall–Kier alpha value is -0.600. The Bertz CT molecular complexity index is 431. The van der Waals surface area contributed by atoms with Crippen molar-refractivity contribution in [2.24, 2.45) is 0 Å². The molecule has 1 aromatic heterocycles. The fourth-order valence-electron chi connectivity index (χ4n) is 1.81. The standard InChI is InChI=1S/C14H15BrS/c1-14(2,11-7-4-3-5-8-11)13(15)12-9-6-10-16-12/h3-10,13H,1-2H3. The molecule has 0 N–H and O–H groups in total. The molecular formula is C14H15BrS. The van der Waals surface area contributed by atoms with E-state index in [0.29, 0.717) is 4.83 Å². The van der Waals surface area contributed by atoms with Crippen LogP contribution in [0.5, 0.6) is 0 Å². The van der Waals surface area contributed by atoms with E-state index in [1.807, 2.05) is 0 Å². The lowest BCUT2D eigenvalue weighted by Crippen LogP contribution is -2.22. The average molecular weight is 295 g/mol. The summed E-state index contributed by atoms with van der Waals surface area (Å²) in [6.45, 7) is 4.56. The first-order valence-corrected chi connectivity index (χ1v) is 7.15. The molecule has 0 amide bonds. The molecule has 2 aromatic rings. The van der Waals surface area contributed by atoms with Crippen LogP contribution in [-0.2, 0) is 5.41 Å². The van der Waals surface area contributed by atoms with Crippen LogP contribution in [0, 0.1) is 0 Å². The second kappa shape index (κ2) is 4.72. The van der Waals surface area contributed by atoms with Crippen molar-refractivity contribution in [1.29, 1.82) is 0 Å². The van der Waals surface area contributed by atoms with E-state index in [1.165, 1.54) is 10.4 Å². The smallest absolute Gasteiger partial charge is 0.0580 e. The third kappa shape index (κ3) is 2.23. The number of hydrogen-bond donors (Lipinski definition) is 0. The zero-order chi connectivity index (χ0) is 11.6. The number of thiophene rings is 1. The molecule has 0 aliphatic carbocycles. The molecule has 84 valence electrons. The number of rotatable bonds is 3. The Morgan fingerprint density at radius 2 is 1.75 bits per heavy atom. The molecule has 0 aliphatic heterocycles. The minimum absolute atomic E-state index is 0.103. The van der Waals surface area contributed by atoms with Gasteiger partial charge in [0.05, 0.1) is 4.83 Å². The molecule has 0 saturated carbocycles. The lowest BCUT2D eigenvalue weighted by molar-refractivity contribution is 0.522. The van der Waals surface area contributed by atoms with Crippen molar-refractivity contribution in [3.8, 4) is 0 Å². The monoisotopic (exact) mass is 294 g/mol. The Labute approximate surface area is 109 Å². The summed E-state index contributed by atoms with van der Waals surface area (Å²) in [5.41, 5.74) is 1.47. The van der Waals surface area contributed by atoms with Crippen molar-refractivity contribution in [2.45, 2.75) is 24.1 Å². The minimum atomic E-state index is 0.103. The van der Waals surface area contributed by atoms with Crippen molar-refractivity contribution >= 4 is 27.3 Å². The van der Waals surface area contributed by atoms with Gasteiger partial charge in [-0.25, -0.2) is 0 Å². The molecule has 0 nitrogen and oxygen atoms in total. The number of alkyl halides is 1. The summed E-state index contributed by atoms with van der Waals surface area (Å²) in [4.78, 5) is 1.75. The average Bonchev–Trinajstić information content (AvgIpc) is 2.82. The van der Waals surface area contributed by atoms with Crippen LogP contribution in [-0.4, -0.2) is 0 Å². The van der Waals surface area contributed by atoms with Crippen LogP contribution in [0.4, 0.5) is 0 Å². The van der Waals surface area contributed by atoms with Crippen molar-refractivity contribution in [1.82, 2.24) is 0 Å². The Morgan fingerprint density at radius 1 is 1.06 bits per heavy atom. The summed E-state index contributed by atoms with van der Waals surface area (Å²) in [6, 6.07) is 15.0. The van der Waals surface area contributed by atoms with Crippen LogP contribution in [0.25, 0.3) is 0 Å². The van der Waals surface area contributed by atoms with Gasteiger partial charge in [0.15, 0.2) is 0 Å². The van der Waals surface area contributed by atoms with Gasteiger partial charge in [-0.1, -0.05) is 66.2 Å². The van der Waals surface area contributed by atoms with Gasteiger partial charge in [0.2, 0.25) is 0 Å². The first kappa shape index (κ1) is 11.9. The Kier molecular flexibility index (Phi) is 3.50. The third-order valence-corrected chi connectivity index (χ3v) is 5.82. The molecule has 16 heavy (non-hydrogen) atoms. The van der Waals surface area contributed by atoms with E-state index < -0.39 is 0 Å². The lowest BCUT2D eigenvalue weighted by atomic mass is 9.81. The topological polar surface area (TPSA) is 0 Å². The van der Waals surface area contributed by atoms with Crippen LogP contribution in [0.1, 0.15) is 29.1 Å². The maximum absolute atomic E-state index is 3.83. The highest BCUT2D eigenvalue weighted by atomic mass is 79.9. The summed E-state index contributed by atoms with van der Waals surface area (Å²) in [7, 11) is 0. The molecule has 2 rings (SSSR count). The van der Waals surface area contributed by atoms with Gasteiger partial charge in [0.25, 0.3) is 0 Å². The van der Waals surface area contributed by atoms with Crippen LogP contribution >= 0.6 is 27.3 Å². The van der Waals surface area contributed by atoms with E-state index in [4.69, 9.17) is 0 Å². The molecule has 1 heterocycles. The molecule has 1 aromatic carbocycles. The van der Waals surface area contributed by atoms with Crippen LogP contribution in [0.15, 0.2) is 47.8 Å². The second-order valence-electron chi connectivity index (χ2n) is 4.47. The molecule has 0 bridgehead atoms. The fraction of sp³-hybridized carbons (Fsp3) is 0.286. The third-order valence-electron chi connectivity index (χ3n) is 2.94. The summed E-state index contributed by atoms with van der Waals surface area (Å²) in [5.74, 6) is 0. The fourth-order valence-corrected chi connectivity index (χ4v) is 3.43. The van der Waals surface area contributed by atoms with Gasteiger partial charge in [-0.15, -0.1) is 11.3 Å². The quantitative estimate of drug-likeness (QED) is 0.686. The minimum Gasteiger partial charge on any atom is -0.148 e. The van der Waals surface area contributed by atoms with Crippen LogP contribution < -0.4 is 0 Å². The Balaban J connectivity index is 2.32. The predicted molar refractivity (Wildman–Crippen MR) is 75.5 cm³/mol. The summed E-state index contributed by atoms with van der Waals surface area (Å²) >= 11 is 5.64. The first-order chi connectivity index (χ1) is 7.62. The second-order valence-corrected chi connectivity index (χ2v) is 6.36. The van der Waals surface area contributed by atoms with Crippen molar-refractivity contribution in [3.05, 3.63) is 58.3 Å². The highest BCUT2D eigenvalue weighted by Gasteiger charge is 2.30. The maximum atomic E-state index is 3.83. The normalized spacial score (nSPS) is 13.7. The molecule has 0 aliphatic rings. The highest BCUT2D eigenvalue weighted by Crippen LogP contribution is 2.44. The maximum Gasteiger partial charge on any atom is 0.0580 e. The van der Waals surface area contributed by atoms with E-state index in [0.717, 1.165) is 0 Å². The first-order valence-electron chi connectivity index (χ1n) is 5.35. The van der Waals surface area contributed by atoms with Gasteiger partial charge in [0, 0.05) is 10.3 Å². The largest absolute Gasteiger partial charge is 0.148 e. The predicted octanol–water partition coefficient (Wildman–Crippen LogP) is 5.16. The number of hydrogen-bond acceptors (Lipinski definition) is 1. The van der Waals surface area contributed by atoms with Gasteiger partial charge < -0.3 is 0 Å². The zero-order valence-corrected chi connectivity index (χ0v) is 11.9. The molecule has 0 radical (unpaired) electrons. The SMILES string of the molecule is CC(C)(c1ccccc1)C(Br)c1cccs1. The molecule has 2 heteroatoms.